The molecule has 0 radical (unpaired) electrons. The molecule has 2 aromatic carbocycles. The Hall–Kier alpha value is -3.35. The van der Waals surface area contributed by atoms with E-state index in [0.717, 1.165) is 24.1 Å². The van der Waals surface area contributed by atoms with Gasteiger partial charge in [0.1, 0.15) is 0 Å². The van der Waals surface area contributed by atoms with Crippen LogP contribution < -0.4 is 14.4 Å². The number of aryl methyl sites for hydroxylation is 1. The molecule has 7 heteroatoms. The highest BCUT2D eigenvalue weighted by Gasteiger charge is 2.36. The lowest BCUT2D eigenvalue weighted by molar-refractivity contribution is -0.117. The fourth-order valence-corrected chi connectivity index (χ4v) is 4.67. The minimum Gasteiger partial charge on any atom is -0.454 e. The Labute approximate surface area is 173 Å². The Balaban J connectivity index is 1.26. The lowest BCUT2D eigenvalue weighted by atomic mass is 9.90. The molecule has 1 atom stereocenters. The second kappa shape index (κ2) is 6.86. The van der Waals surface area contributed by atoms with Gasteiger partial charge in [0, 0.05) is 24.2 Å². The van der Waals surface area contributed by atoms with Crippen LogP contribution in [0.3, 0.4) is 0 Å². The highest BCUT2D eigenvalue weighted by molar-refractivity contribution is 5.97. The number of rotatable bonds is 3. The number of ether oxygens (including phenoxy) is 2. The van der Waals surface area contributed by atoms with Crippen LogP contribution >= 0.6 is 0 Å². The first-order chi connectivity index (χ1) is 14.8. The van der Waals surface area contributed by atoms with Crippen LogP contribution in [0.4, 0.5) is 5.69 Å². The number of hydrogen-bond acceptors (Lipinski definition) is 6. The number of nitrogens with zero attached hydrogens (tertiary/aromatic N) is 3. The van der Waals surface area contributed by atoms with E-state index >= 15 is 0 Å². The van der Waals surface area contributed by atoms with Gasteiger partial charge in [0.05, 0.1) is 5.92 Å². The molecule has 1 aromatic heterocycles. The number of carbonyl (C=O) groups excluding carboxylic acids is 1. The molecule has 3 aliphatic rings. The summed E-state index contributed by atoms with van der Waals surface area (Å²) in [5, 5.41) is 4.14. The van der Waals surface area contributed by atoms with Crippen molar-refractivity contribution in [3.05, 3.63) is 53.4 Å². The quantitative estimate of drug-likeness (QED) is 0.661. The van der Waals surface area contributed by atoms with Crippen LogP contribution in [0.25, 0.3) is 11.4 Å². The first-order valence-corrected chi connectivity index (χ1v) is 10.4. The highest BCUT2D eigenvalue weighted by Crippen LogP contribution is 2.38. The zero-order valence-electron chi connectivity index (χ0n) is 16.5. The molecule has 1 saturated heterocycles. The zero-order chi connectivity index (χ0) is 20.1. The summed E-state index contributed by atoms with van der Waals surface area (Å²) >= 11 is 0. The zero-order valence-corrected chi connectivity index (χ0v) is 16.5. The molecule has 2 aliphatic heterocycles. The van der Waals surface area contributed by atoms with Crippen LogP contribution in [0.15, 0.2) is 40.9 Å². The number of aromatic nitrogens is 2. The Bertz CT molecular complexity index is 1140. The van der Waals surface area contributed by atoms with Crippen LogP contribution in [0.2, 0.25) is 0 Å². The van der Waals surface area contributed by atoms with Crippen molar-refractivity contribution in [2.24, 2.45) is 0 Å². The first kappa shape index (κ1) is 17.5. The molecule has 1 unspecified atom stereocenters. The van der Waals surface area contributed by atoms with E-state index in [1.165, 1.54) is 24.0 Å². The van der Waals surface area contributed by atoms with Gasteiger partial charge in [0.15, 0.2) is 11.5 Å². The van der Waals surface area contributed by atoms with Gasteiger partial charge in [-0.05, 0) is 61.1 Å². The second-order valence-electron chi connectivity index (χ2n) is 8.05. The van der Waals surface area contributed by atoms with Crippen molar-refractivity contribution in [3.8, 4) is 22.9 Å². The predicted octanol–water partition coefficient (Wildman–Crippen LogP) is 3.86. The normalized spacial score (nSPS) is 19.9. The lowest BCUT2D eigenvalue weighted by Gasteiger charge is -2.25. The van der Waals surface area contributed by atoms with Crippen LogP contribution in [0, 0.1) is 0 Å². The number of fused-ring (bicyclic) bond motifs is 2. The Kier molecular flexibility index (Phi) is 4.00. The summed E-state index contributed by atoms with van der Waals surface area (Å²) in [4.78, 5) is 19.3. The molecule has 1 aliphatic carbocycles. The third-order valence-electron chi connectivity index (χ3n) is 6.21. The van der Waals surface area contributed by atoms with E-state index in [0.29, 0.717) is 36.2 Å². The molecule has 0 spiro atoms. The number of carbonyl (C=O) groups is 1. The Morgan fingerprint density at radius 2 is 1.93 bits per heavy atom. The highest BCUT2D eigenvalue weighted by atomic mass is 16.7. The van der Waals surface area contributed by atoms with Crippen LogP contribution in [-0.4, -0.2) is 29.4 Å². The summed E-state index contributed by atoms with van der Waals surface area (Å²) in [7, 11) is 0. The van der Waals surface area contributed by atoms with Crippen molar-refractivity contribution in [1.82, 2.24) is 10.1 Å². The van der Waals surface area contributed by atoms with E-state index < -0.39 is 0 Å². The molecule has 1 amide bonds. The van der Waals surface area contributed by atoms with Gasteiger partial charge in [-0.3, -0.25) is 4.79 Å². The maximum Gasteiger partial charge on any atom is 0.232 e. The van der Waals surface area contributed by atoms with Crippen molar-refractivity contribution >= 4 is 11.6 Å². The van der Waals surface area contributed by atoms with Crippen molar-refractivity contribution in [2.75, 3.05) is 18.2 Å². The summed E-state index contributed by atoms with van der Waals surface area (Å²) in [6, 6.07) is 11.9. The molecule has 152 valence electrons. The van der Waals surface area contributed by atoms with E-state index in [9.17, 15) is 4.79 Å². The fourth-order valence-electron chi connectivity index (χ4n) is 4.67. The van der Waals surface area contributed by atoms with Gasteiger partial charge < -0.3 is 18.9 Å². The molecular formula is C23H21N3O4. The Morgan fingerprint density at radius 3 is 2.90 bits per heavy atom. The van der Waals surface area contributed by atoms with Crippen LogP contribution in [0.5, 0.6) is 11.5 Å². The molecule has 7 nitrogen and oxygen atoms in total. The van der Waals surface area contributed by atoms with E-state index in [1.54, 1.807) is 0 Å². The standard InChI is InChI=1S/C23H21N3O4/c27-21-11-16(12-26(21)18-7-3-5-14-4-1-2-6-17(14)18)23-24-22(25-30-23)15-8-9-19-20(10-15)29-13-28-19/h3,5,7-10,16H,1-2,4,6,11-13H2. The van der Waals surface area contributed by atoms with Crippen molar-refractivity contribution in [3.63, 3.8) is 0 Å². The van der Waals surface area contributed by atoms with Crippen molar-refractivity contribution < 1.29 is 18.8 Å². The molecule has 0 saturated carbocycles. The van der Waals surface area contributed by atoms with E-state index in [1.807, 2.05) is 23.1 Å². The first-order valence-electron chi connectivity index (χ1n) is 10.4. The Morgan fingerprint density at radius 1 is 1.03 bits per heavy atom. The number of benzene rings is 2. The van der Waals surface area contributed by atoms with Gasteiger partial charge in [0.25, 0.3) is 0 Å². The summed E-state index contributed by atoms with van der Waals surface area (Å²) in [6.45, 7) is 0.789. The summed E-state index contributed by atoms with van der Waals surface area (Å²) in [5.74, 6) is 2.39. The maximum atomic E-state index is 12.9. The number of hydrogen-bond donors (Lipinski definition) is 0. The van der Waals surface area contributed by atoms with Gasteiger partial charge in [-0.1, -0.05) is 17.3 Å². The van der Waals surface area contributed by atoms with Gasteiger partial charge >= 0.3 is 0 Å². The maximum absolute atomic E-state index is 12.9. The minimum absolute atomic E-state index is 0.104. The molecule has 6 rings (SSSR count). The predicted molar refractivity (Wildman–Crippen MR) is 109 cm³/mol. The van der Waals surface area contributed by atoms with Gasteiger partial charge in [-0.2, -0.15) is 4.98 Å². The van der Waals surface area contributed by atoms with Gasteiger partial charge in [0.2, 0.25) is 24.4 Å². The fraction of sp³-hybridized carbons (Fsp3) is 0.348. The van der Waals surface area contributed by atoms with E-state index in [4.69, 9.17) is 14.0 Å². The number of amides is 1. The minimum atomic E-state index is -0.104. The van der Waals surface area contributed by atoms with Gasteiger partial charge in [-0.15, -0.1) is 0 Å². The largest absolute Gasteiger partial charge is 0.454 e. The molecule has 3 heterocycles. The molecule has 0 N–H and O–H groups in total. The monoisotopic (exact) mass is 403 g/mol. The summed E-state index contributed by atoms with van der Waals surface area (Å²) in [5.41, 5.74) is 4.55. The average Bonchev–Trinajstić information content (AvgIpc) is 3.52. The van der Waals surface area contributed by atoms with E-state index in [-0.39, 0.29) is 18.6 Å². The van der Waals surface area contributed by atoms with Gasteiger partial charge in [-0.25, -0.2) is 0 Å². The third kappa shape index (κ3) is 2.84. The molecular weight excluding hydrogens is 382 g/mol. The lowest BCUT2D eigenvalue weighted by Crippen LogP contribution is -2.26. The summed E-state index contributed by atoms with van der Waals surface area (Å²) < 4.78 is 16.3. The van der Waals surface area contributed by atoms with Crippen molar-refractivity contribution in [2.45, 2.75) is 38.0 Å². The molecule has 1 fully saturated rings. The summed E-state index contributed by atoms with van der Waals surface area (Å²) in [6.07, 6.45) is 4.91. The SMILES string of the molecule is O=C1CC(c2nc(-c3ccc4c(c3)OCO4)no2)CN1c1cccc2c1CCCC2. The second-order valence-corrected chi connectivity index (χ2v) is 8.05. The topological polar surface area (TPSA) is 77.7 Å². The van der Waals surface area contributed by atoms with E-state index in [2.05, 4.69) is 28.3 Å². The van der Waals surface area contributed by atoms with Crippen LogP contribution in [0.1, 0.15) is 42.2 Å². The molecule has 3 aromatic rings. The van der Waals surface area contributed by atoms with Crippen LogP contribution in [-0.2, 0) is 17.6 Å². The molecule has 0 bridgehead atoms. The van der Waals surface area contributed by atoms with Crippen molar-refractivity contribution in [1.29, 1.82) is 0 Å². The third-order valence-corrected chi connectivity index (χ3v) is 6.21. The molecule has 30 heavy (non-hydrogen) atoms. The smallest absolute Gasteiger partial charge is 0.232 e. The number of anilines is 1. The average molecular weight is 403 g/mol.